The van der Waals surface area contributed by atoms with Crippen LogP contribution in [-0.4, -0.2) is 107 Å². The summed E-state index contributed by atoms with van der Waals surface area (Å²) >= 11 is 0. The Morgan fingerprint density at radius 1 is 0.914 bits per heavy atom. The first-order valence-corrected chi connectivity index (χ1v) is 23.7. The summed E-state index contributed by atoms with van der Waals surface area (Å²) < 4.78 is 47.9. The minimum Gasteiger partial charge on any atom is -0.786 e. The molecule has 3 fully saturated rings. The number of carbonyl (C=O) groups excluding carboxylic acids is 6. The van der Waals surface area contributed by atoms with Gasteiger partial charge in [0, 0.05) is 43.6 Å². The number of ether oxygens (including phenoxy) is 7. The van der Waals surface area contributed by atoms with Crippen LogP contribution in [0.3, 0.4) is 0 Å². The third-order valence-corrected chi connectivity index (χ3v) is 14.6. The van der Waals surface area contributed by atoms with Crippen molar-refractivity contribution in [2.45, 2.75) is 122 Å². The first-order valence-electron chi connectivity index (χ1n) is 22.6. The van der Waals surface area contributed by atoms with Crippen LogP contribution in [0.25, 0.3) is 0 Å². The second-order valence-corrected chi connectivity index (χ2v) is 19.2. The Hall–Kier alpha value is -4.59. The van der Waals surface area contributed by atoms with Gasteiger partial charge >= 0.3 is 53.6 Å². The average molecular weight is 998 g/mol. The molecule has 2 bridgehead atoms. The van der Waals surface area contributed by atoms with Crippen molar-refractivity contribution in [2.75, 3.05) is 13.2 Å². The predicted octanol–water partition coefficient (Wildman–Crippen LogP) is 1.88. The molecule has 0 aromatic heterocycles. The molecular weight excluding hydrogens is 941 g/mol. The number of fused-ring (bicyclic) bond motifs is 5. The number of benzene rings is 3. The number of Topliss-reactive ketones (excluding diaryl/α,β-unsaturated/α-hetero) is 1. The Bertz CT molecular complexity index is 2440. The summed E-state index contributed by atoms with van der Waals surface area (Å²) in [7, 11) is -3.40. The molecule has 70 heavy (non-hydrogen) atoms. The zero-order valence-electron chi connectivity index (χ0n) is 40.3. The summed E-state index contributed by atoms with van der Waals surface area (Å²) in [5.74, 6) is -5.88. The molecule has 18 nitrogen and oxygen atoms in total. The van der Waals surface area contributed by atoms with Gasteiger partial charge in [-0.3, -0.25) is 19.2 Å². The van der Waals surface area contributed by atoms with E-state index in [1.54, 1.807) is 105 Å². The molecule has 3 aromatic carbocycles. The van der Waals surface area contributed by atoms with Gasteiger partial charge in [0.05, 0.1) is 46.0 Å². The van der Waals surface area contributed by atoms with Gasteiger partial charge in [-0.2, -0.15) is 0 Å². The van der Waals surface area contributed by atoms with Gasteiger partial charge in [-0.05, 0) is 55.2 Å². The van der Waals surface area contributed by atoms with Gasteiger partial charge in [-0.15, -0.1) is 0 Å². The van der Waals surface area contributed by atoms with Gasteiger partial charge < -0.3 is 57.9 Å². The first-order chi connectivity index (χ1) is 32.7. The molecule has 0 spiro atoms. The summed E-state index contributed by atoms with van der Waals surface area (Å²) in [6.07, 6.45) is -11.5. The van der Waals surface area contributed by atoms with Gasteiger partial charge in [0.15, 0.2) is 17.5 Å². The molecule has 0 radical (unpaired) electrons. The van der Waals surface area contributed by atoms with Crippen LogP contribution in [0.1, 0.15) is 88.8 Å². The number of rotatable bonds is 15. The van der Waals surface area contributed by atoms with Crippen LogP contribution in [0.4, 0.5) is 4.79 Å². The van der Waals surface area contributed by atoms with E-state index in [1.165, 1.54) is 27.7 Å². The van der Waals surface area contributed by atoms with E-state index >= 15 is 9.59 Å². The largest absolute Gasteiger partial charge is 1.00 e. The van der Waals surface area contributed by atoms with Crippen molar-refractivity contribution >= 4 is 44.4 Å². The maximum Gasteiger partial charge on any atom is 1.00 e. The van der Waals surface area contributed by atoms with Gasteiger partial charge in [0.1, 0.15) is 23.9 Å². The van der Waals surface area contributed by atoms with E-state index in [0.29, 0.717) is 11.1 Å². The summed E-state index contributed by atoms with van der Waals surface area (Å²) in [6, 6.07) is 23.8. The summed E-state index contributed by atoms with van der Waals surface area (Å²) in [5, 5.41) is 16.8. The molecule has 2 saturated carbocycles. The van der Waals surface area contributed by atoms with E-state index in [1.807, 2.05) is 0 Å². The van der Waals surface area contributed by atoms with Gasteiger partial charge in [0.25, 0.3) is 5.91 Å². The number of hydrogen-bond acceptors (Lipinski definition) is 17. The van der Waals surface area contributed by atoms with Crippen LogP contribution < -0.4 is 39.8 Å². The van der Waals surface area contributed by atoms with Crippen LogP contribution in [-0.2, 0) is 63.5 Å². The maximum absolute atomic E-state index is 15.9. The number of aliphatic hydroxyl groups is 1. The number of esters is 3. The molecule has 1 amide bonds. The zero-order chi connectivity index (χ0) is 50.1. The topological polar surface area (TPSA) is 252 Å². The molecule has 3 aromatic rings. The Kier molecular flexibility index (Phi) is 17.2. The number of ketones is 1. The Balaban J connectivity index is 0.00000804. The van der Waals surface area contributed by atoms with Crippen molar-refractivity contribution in [3.8, 4) is 0 Å². The monoisotopic (exact) mass is 997 g/mol. The van der Waals surface area contributed by atoms with Crippen LogP contribution in [0.5, 0.6) is 0 Å². The molecule has 4 aliphatic rings. The van der Waals surface area contributed by atoms with Crippen molar-refractivity contribution in [1.82, 2.24) is 5.32 Å². The normalized spacial score (nSPS) is 29.8. The van der Waals surface area contributed by atoms with E-state index < -0.39 is 121 Å². The fourth-order valence-electron chi connectivity index (χ4n) is 10.9. The van der Waals surface area contributed by atoms with Gasteiger partial charge in [-0.25, -0.2) is 9.59 Å². The Labute approximate surface area is 428 Å². The van der Waals surface area contributed by atoms with Crippen LogP contribution in [0.2, 0.25) is 0 Å². The van der Waals surface area contributed by atoms with Crippen LogP contribution in [0, 0.1) is 16.7 Å². The fourth-order valence-corrected chi connectivity index (χ4v) is 11.4. The molecule has 3 aliphatic carbocycles. The van der Waals surface area contributed by atoms with Gasteiger partial charge in [0.2, 0.25) is 6.10 Å². The molecular formula is C50H57NNaO17P. The molecule has 7 rings (SSSR count). The van der Waals surface area contributed by atoms with Crippen molar-refractivity contribution in [3.63, 3.8) is 0 Å². The first kappa shape index (κ1) is 54.7. The second-order valence-electron chi connectivity index (χ2n) is 18.5. The molecule has 1 aliphatic heterocycles. The number of carbonyl (C=O) groups is 6. The zero-order valence-corrected chi connectivity index (χ0v) is 43.2. The van der Waals surface area contributed by atoms with Crippen molar-refractivity contribution in [1.29, 1.82) is 0 Å². The quantitative estimate of drug-likeness (QED) is 0.0646. The minimum absolute atomic E-state index is 0. The van der Waals surface area contributed by atoms with E-state index in [-0.39, 0.29) is 72.5 Å². The van der Waals surface area contributed by atoms with Crippen LogP contribution >= 0.6 is 8.60 Å². The smallest absolute Gasteiger partial charge is 0.786 e. The van der Waals surface area contributed by atoms with Crippen LogP contribution in [0.15, 0.2) is 102 Å². The Morgan fingerprint density at radius 2 is 1.53 bits per heavy atom. The fraction of sp³-hybridized carbons (Fsp3) is 0.480. The molecule has 1 unspecified atom stereocenters. The minimum atomic E-state index is -3.40. The SMILES string of the molecule is CCOC(=O)O[C@@H](C(=O)O[C@H]1C[C@@]2(O)[C@@H](OCc3ccccc3)[C@@H]3[C@]4(OC(C)=O)CO[C@@H]4C[C@H](OP([O-])O)[C@@]3(C)C(=O)[C@H](OC(C)=O)C(=C1C)C2(C)C)[C@@H](NC(=O)c1ccccc1)c1ccccc1.[Na+]. The van der Waals surface area contributed by atoms with E-state index in [9.17, 15) is 34.1 Å². The summed E-state index contributed by atoms with van der Waals surface area (Å²) in [4.78, 5) is 107. The summed E-state index contributed by atoms with van der Waals surface area (Å²) in [5.41, 5.74) is -6.40. The molecule has 12 atom stereocenters. The number of amides is 1. The maximum atomic E-state index is 15.9. The number of hydrogen-bond donors (Lipinski definition) is 3. The van der Waals surface area contributed by atoms with Crippen molar-refractivity contribution in [2.24, 2.45) is 16.7 Å². The number of nitrogens with one attached hydrogen (secondary N) is 1. The van der Waals surface area contributed by atoms with E-state index in [2.05, 4.69) is 5.32 Å². The predicted molar refractivity (Wildman–Crippen MR) is 241 cm³/mol. The molecule has 1 saturated heterocycles. The van der Waals surface area contributed by atoms with Gasteiger partial charge in [-0.1, -0.05) is 92.7 Å². The molecule has 1 heterocycles. The molecule has 3 N–H and O–H groups in total. The Morgan fingerprint density at radius 3 is 2.09 bits per heavy atom. The average Bonchev–Trinajstić information content (AvgIpc) is 3.30. The molecule has 370 valence electrons. The van der Waals surface area contributed by atoms with E-state index in [4.69, 9.17) is 37.7 Å². The standard InChI is InChI=1S/C50H57NO17P.Na/c1-8-61-46(57)66-40(38(32-20-14-10-15-21-32)51-44(55)33-22-16-11-17-23-33)45(56)65-34-25-50(58)43(62-26-31-18-12-9-13-19-31)41-48(7,42(54)39(64-29(3)52)37(28(34)2)47(50,5)6)35(68-69(59)60)24-36-49(41,27-63-36)67-30(4)53;/h9-23,34-36,38-41,43,58-59H,8,24-27H2,1-7H3,(H,51,55);/q-1;+1/t34-,35-,36+,38-,39+,40+,41-,43-,48+,49-,50+;/m0./s1. The third-order valence-electron chi connectivity index (χ3n) is 14.2. The van der Waals surface area contributed by atoms with E-state index in [0.717, 1.165) is 6.92 Å². The third kappa shape index (κ3) is 10.4. The molecule has 20 heteroatoms. The van der Waals surface area contributed by atoms with Crippen molar-refractivity contribution < 1.29 is 111 Å². The second kappa shape index (κ2) is 22.0. The summed E-state index contributed by atoms with van der Waals surface area (Å²) in [6.45, 7) is 9.33. The van der Waals surface area contributed by atoms with Crippen molar-refractivity contribution in [3.05, 3.63) is 119 Å².